The number of benzene rings is 2. The summed E-state index contributed by atoms with van der Waals surface area (Å²) in [6.07, 6.45) is 2.37. The molecule has 2 heterocycles. The van der Waals surface area contributed by atoms with Crippen LogP contribution in [0.5, 0.6) is 5.75 Å². The fourth-order valence-electron chi connectivity index (χ4n) is 3.91. The molecule has 5 rings (SSSR count). The number of ether oxygens (including phenoxy) is 1. The van der Waals surface area contributed by atoms with Crippen LogP contribution in [0, 0.1) is 18.2 Å². The van der Waals surface area contributed by atoms with Gasteiger partial charge in [-0.3, -0.25) is 9.48 Å². The van der Waals surface area contributed by atoms with E-state index in [1.54, 1.807) is 12.1 Å². The van der Waals surface area contributed by atoms with Gasteiger partial charge in [-0.15, -0.1) is 0 Å². The van der Waals surface area contributed by atoms with E-state index in [1.807, 2.05) is 25.1 Å². The Morgan fingerprint density at radius 3 is 2.62 bits per heavy atom. The molecule has 2 aromatic carbocycles. The fraction of sp³-hybridized carbons (Fsp3) is 0.304. The molecule has 3 aromatic rings. The number of hydrogen-bond donors (Lipinski definition) is 1. The lowest BCUT2D eigenvalue weighted by Gasteiger charge is -2.19. The van der Waals surface area contributed by atoms with E-state index in [-0.39, 0.29) is 23.7 Å². The number of fused-ring (bicyclic) bond motifs is 1. The van der Waals surface area contributed by atoms with E-state index in [0.717, 1.165) is 34.6 Å². The highest BCUT2D eigenvalue weighted by atomic mass is 19.1. The Kier molecular flexibility index (Phi) is 3.98. The summed E-state index contributed by atoms with van der Waals surface area (Å²) in [6.45, 7) is 5.11. The van der Waals surface area contributed by atoms with Gasteiger partial charge in [-0.1, -0.05) is 13.0 Å². The largest absolute Gasteiger partial charge is 0.482 e. The number of aromatic nitrogens is 2. The quantitative estimate of drug-likeness (QED) is 0.695. The molecule has 1 amide bonds. The predicted octanol–water partition coefficient (Wildman–Crippen LogP) is 4.80. The molecule has 0 unspecified atom stereocenters. The van der Waals surface area contributed by atoms with E-state index in [4.69, 9.17) is 9.84 Å². The number of carbonyl (C=O) groups excluding carboxylic acids is 1. The third kappa shape index (κ3) is 3.28. The lowest BCUT2D eigenvalue weighted by Crippen LogP contribution is -2.25. The third-order valence-corrected chi connectivity index (χ3v) is 5.78. The summed E-state index contributed by atoms with van der Waals surface area (Å²) < 4.78 is 21.1. The topological polar surface area (TPSA) is 56.2 Å². The molecule has 1 saturated carbocycles. The summed E-state index contributed by atoms with van der Waals surface area (Å²) in [6, 6.07) is 12.3. The molecular formula is C23H22FN3O2. The number of halogens is 1. The molecule has 0 bridgehead atoms. The van der Waals surface area contributed by atoms with E-state index >= 15 is 0 Å². The van der Waals surface area contributed by atoms with Gasteiger partial charge in [0.15, 0.2) is 6.61 Å². The zero-order valence-corrected chi connectivity index (χ0v) is 16.5. The van der Waals surface area contributed by atoms with Crippen molar-refractivity contribution >= 4 is 11.6 Å². The molecule has 5 nitrogen and oxygen atoms in total. The molecule has 1 fully saturated rings. The van der Waals surface area contributed by atoms with Gasteiger partial charge in [0.2, 0.25) is 0 Å². The van der Waals surface area contributed by atoms with Crippen LogP contribution in [-0.4, -0.2) is 22.3 Å². The highest BCUT2D eigenvalue weighted by molar-refractivity contribution is 5.97. The second kappa shape index (κ2) is 6.44. The zero-order chi connectivity index (χ0) is 20.2. The van der Waals surface area contributed by atoms with Gasteiger partial charge in [0.1, 0.15) is 11.6 Å². The standard InChI is InChI=1S/C23H22FN3O2/c1-14-21(16-5-8-19-18(11-16)25-20(28)12-29-19)22(15-3-6-17(24)7-4-15)27(26-14)13-23(2)9-10-23/h3-8,11H,9-10,12-13H2,1-2H3,(H,25,28). The van der Waals surface area contributed by atoms with Crippen LogP contribution in [0.2, 0.25) is 0 Å². The van der Waals surface area contributed by atoms with Crippen LogP contribution >= 0.6 is 0 Å². The maximum absolute atomic E-state index is 13.6. The smallest absolute Gasteiger partial charge is 0.262 e. The number of aryl methyl sites for hydroxylation is 1. The molecule has 0 radical (unpaired) electrons. The maximum atomic E-state index is 13.6. The van der Waals surface area contributed by atoms with E-state index in [1.165, 1.54) is 25.0 Å². The van der Waals surface area contributed by atoms with Crippen LogP contribution in [0.4, 0.5) is 10.1 Å². The normalized spacial score (nSPS) is 16.7. The Morgan fingerprint density at radius 2 is 1.90 bits per heavy atom. The Bertz CT molecular complexity index is 1110. The predicted molar refractivity (Wildman–Crippen MR) is 109 cm³/mol. The average Bonchev–Trinajstić information content (AvgIpc) is 3.33. The Labute approximate surface area is 168 Å². The molecule has 1 N–H and O–H groups in total. The van der Waals surface area contributed by atoms with Crippen molar-refractivity contribution in [3.8, 4) is 28.1 Å². The van der Waals surface area contributed by atoms with E-state index < -0.39 is 0 Å². The molecule has 6 heteroatoms. The van der Waals surface area contributed by atoms with Crippen LogP contribution in [-0.2, 0) is 11.3 Å². The number of nitrogens with one attached hydrogen (secondary N) is 1. The molecule has 1 aliphatic heterocycles. The van der Waals surface area contributed by atoms with E-state index in [0.29, 0.717) is 11.4 Å². The summed E-state index contributed by atoms with van der Waals surface area (Å²) >= 11 is 0. The maximum Gasteiger partial charge on any atom is 0.262 e. The number of anilines is 1. The highest BCUT2D eigenvalue weighted by Crippen LogP contribution is 2.48. The van der Waals surface area contributed by atoms with Crippen molar-refractivity contribution in [2.75, 3.05) is 11.9 Å². The van der Waals surface area contributed by atoms with Crippen molar-refractivity contribution in [1.29, 1.82) is 0 Å². The SMILES string of the molecule is Cc1nn(CC2(C)CC2)c(-c2ccc(F)cc2)c1-c1ccc2c(c1)NC(=O)CO2. The molecule has 0 spiro atoms. The number of nitrogens with zero attached hydrogens (tertiary/aromatic N) is 2. The molecule has 1 aliphatic carbocycles. The fourth-order valence-corrected chi connectivity index (χ4v) is 3.91. The Morgan fingerprint density at radius 1 is 1.17 bits per heavy atom. The van der Waals surface area contributed by atoms with Gasteiger partial charge < -0.3 is 10.1 Å². The first-order valence-corrected chi connectivity index (χ1v) is 9.82. The number of amides is 1. The van der Waals surface area contributed by atoms with Crippen LogP contribution in [0.25, 0.3) is 22.4 Å². The lowest BCUT2D eigenvalue weighted by atomic mass is 9.97. The van der Waals surface area contributed by atoms with Crippen molar-refractivity contribution in [2.45, 2.75) is 33.2 Å². The number of hydrogen-bond acceptors (Lipinski definition) is 3. The first kappa shape index (κ1) is 17.9. The van der Waals surface area contributed by atoms with E-state index in [9.17, 15) is 9.18 Å². The summed E-state index contributed by atoms with van der Waals surface area (Å²) in [7, 11) is 0. The Balaban J connectivity index is 1.67. The van der Waals surface area contributed by atoms with Crippen LogP contribution in [0.3, 0.4) is 0 Å². The van der Waals surface area contributed by atoms with Crippen molar-refractivity contribution in [3.63, 3.8) is 0 Å². The second-order valence-corrected chi connectivity index (χ2v) is 8.33. The minimum Gasteiger partial charge on any atom is -0.482 e. The highest BCUT2D eigenvalue weighted by Gasteiger charge is 2.39. The van der Waals surface area contributed by atoms with Gasteiger partial charge in [-0.2, -0.15) is 5.10 Å². The first-order chi connectivity index (χ1) is 13.9. The van der Waals surface area contributed by atoms with Crippen molar-refractivity contribution < 1.29 is 13.9 Å². The van der Waals surface area contributed by atoms with Gasteiger partial charge in [0.05, 0.1) is 17.1 Å². The minimum absolute atomic E-state index is 0.0305. The summed E-state index contributed by atoms with van der Waals surface area (Å²) in [5.74, 6) is 0.232. The number of carbonyl (C=O) groups is 1. The Hall–Kier alpha value is -3.15. The van der Waals surface area contributed by atoms with Crippen LogP contribution in [0.1, 0.15) is 25.5 Å². The molecule has 0 saturated heterocycles. The summed E-state index contributed by atoms with van der Waals surface area (Å²) in [5, 5.41) is 7.71. The van der Waals surface area contributed by atoms with Gasteiger partial charge in [-0.25, -0.2) is 4.39 Å². The van der Waals surface area contributed by atoms with Crippen LogP contribution in [0.15, 0.2) is 42.5 Å². The molecular weight excluding hydrogens is 369 g/mol. The second-order valence-electron chi connectivity index (χ2n) is 8.33. The molecule has 148 valence electrons. The van der Waals surface area contributed by atoms with Gasteiger partial charge in [-0.05, 0) is 67.1 Å². The van der Waals surface area contributed by atoms with Crippen molar-refractivity contribution in [2.24, 2.45) is 5.41 Å². The number of rotatable bonds is 4. The van der Waals surface area contributed by atoms with E-state index in [2.05, 4.69) is 16.9 Å². The zero-order valence-electron chi connectivity index (χ0n) is 16.5. The van der Waals surface area contributed by atoms with Crippen molar-refractivity contribution in [1.82, 2.24) is 9.78 Å². The monoisotopic (exact) mass is 391 g/mol. The molecule has 29 heavy (non-hydrogen) atoms. The summed E-state index contributed by atoms with van der Waals surface area (Å²) in [4.78, 5) is 11.7. The molecule has 1 aromatic heterocycles. The minimum atomic E-state index is -0.263. The lowest BCUT2D eigenvalue weighted by molar-refractivity contribution is -0.118. The molecule has 2 aliphatic rings. The summed E-state index contributed by atoms with van der Waals surface area (Å²) in [5.41, 5.74) is 5.65. The van der Waals surface area contributed by atoms with Gasteiger partial charge in [0.25, 0.3) is 5.91 Å². The first-order valence-electron chi connectivity index (χ1n) is 9.82. The van der Waals surface area contributed by atoms with Crippen LogP contribution < -0.4 is 10.1 Å². The third-order valence-electron chi connectivity index (χ3n) is 5.78. The molecule has 0 atom stereocenters. The average molecular weight is 391 g/mol. The van der Waals surface area contributed by atoms with Crippen molar-refractivity contribution in [3.05, 3.63) is 54.0 Å². The van der Waals surface area contributed by atoms with Gasteiger partial charge in [0, 0.05) is 17.7 Å². The van der Waals surface area contributed by atoms with Gasteiger partial charge >= 0.3 is 0 Å².